The Kier molecular flexibility index (Phi) is 4.18. The van der Waals surface area contributed by atoms with Gasteiger partial charge in [0.15, 0.2) is 0 Å². The minimum absolute atomic E-state index is 0.107. The number of rotatable bonds is 1. The number of aromatic hydroxyl groups is 1. The van der Waals surface area contributed by atoms with Gasteiger partial charge in [-0.3, -0.25) is 0 Å². The smallest absolute Gasteiger partial charge is 0.123 e. The van der Waals surface area contributed by atoms with E-state index in [0.29, 0.717) is 5.75 Å². The zero-order valence-corrected chi connectivity index (χ0v) is 16.2. The second-order valence-corrected chi connectivity index (χ2v) is 9.03. The lowest BCUT2D eigenvalue weighted by Gasteiger charge is -2.28. The van der Waals surface area contributed by atoms with Gasteiger partial charge in [0.2, 0.25) is 0 Å². The highest BCUT2D eigenvalue weighted by Gasteiger charge is 2.26. The summed E-state index contributed by atoms with van der Waals surface area (Å²) in [6, 6.07) is 12.7. The van der Waals surface area contributed by atoms with E-state index in [1.54, 1.807) is 0 Å². The standard InChI is InChI=1S/C23H29NO/c1-22(2,3)18-12-15(13-19(21(18)25)23(4,5)6)11-16-14-24-20-10-8-7-9-17(16)20/h7-13,24-25H,14H2,1-6H3. The Hall–Kier alpha value is -2.22. The Bertz CT molecular complexity index is 797. The van der Waals surface area contributed by atoms with Gasteiger partial charge in [0, 0.05) is 28.9 Å². The molecule has 0 saturated carbocycles. The van der Waals surface area contributed by atoms with E-state index in [2.05, 4.69) is 89.3 Å². The highest BCUT2D eigenvalue weighted by molar-refractivity contribution is 5.93. The summed E-state index contributed by atoms with van der Waals surface area (Å²) in [4.78, 5) is 0. The molecule has 2 aromatic rings. The van der Waals surface area contributed by atoms with Crippen LogP contribution in [0.4, 0.5) is 5.69 Å². The highest BCUT2D eigenvalue weighted by Crippen LogP contribution is 2.41. The predicted octanol–water partition coefficient (Wildman–Crippen LogP) is 5.95. The SMILES string of the molecule is CC(C)(C)c1cc(C=C2CNc3ccccc32)cc(C(C)(C)C)c1O. The molecule has 2 nitrogen and oxygen atoms in total. The van der Waals surface area contributed by atoms with Crippen LogP contribution < -0.4 is 5.32 Å². The van der Waals surface area contributed by atoms with Crippen molar-refractivity contribution in [3.05, 3.63) is 58.7 Å². The quantitative estimate of drug-likeness (QED) is 0.674. The van der Waals surface area contributed by atoms with Crippen LogP contribution >= 0.6 is 0 Å². The normalized spacial score (nSPS) is 16.0. The average molecular weight is 335 g/mol. The number of phenols is 1. The van der Waals surface area contributed by atoms with Gasteiger partial charge in [-0.25, -0.2) is 0 Å². The summed E-state index contributed by atoms with van der Waals surface area (Å²) in [5.74, 6) is 0.437. The molecule has 132 valence electrons. The van der Waals surface area contributed by atoms with Crippen LogP contribution in [0.3, 0.4) is 0 Å². The summed E-state index contributed by atoms with van der Waals surface area (Å²) in [7, 11) is 0. The molecule has 1 aliphatic rings. The molecule has 0 saturated heterocycles. The molecule has 2 N–H and O–H groups in total. The molecule has 1 heterocycles. The Morgan fingerprint density at radius 2 is 1.48 bits per heavy atom. The van der Waals surface area contributed by atoms with E-state index < -0.39 is 0 Å². The number of hydrogen-bond acceptors (Lipinski definition) is 2. The van der Waals surface area contributed by atoms with Gasteiger partial charge in [-0.05, 0) is 46.2 Å². The first-order valence-corrected chi connectivity index (χ1v) is 8.99. The largest absolute Gasteiger partial charge is 0.507 e. The summed E-state index contributed by atoms with van der Waals surface area (Å²) in [6.45, 7) is 13.7. The third-order valence-corrected chi connectivity index (χ3v) is 4.83. The number of para-hydroxylation sites is 1. The minimum Gasteiger partial charge on any atom is -0.507 e. The van der Waals surface area contributed by atoms with Crippen molar-refractivity contribution in [1.29, 1.82) is 0 Å². The molecule has 0 aliphatic carbocycles. The van der Waals surface area contributed by atoms with E-state index in [9.17, 15) is 5.11 Å². The number of anilines is 1. The van der Waals surface area contributed by atoms with Gasteiger partial charge < -0.3 is 10.4 Å². The Labute approximate surface area is 151 Å². The van der Waals surface area contributed by atoms with Crippen LogP contribution in [-0.2, 0) is 10.8 Å². The Morgan fingerprint density at radius 1 is 0.920 bits per heavy atom. The summed E-state index contributed by atoms with van der Waals surface area (Å²) < 4.78 is 0. The van der Waals surface area contributed by atoms with Crippen LogP contribution in [0.5, 0.6) is 5.75 Å². The maximum atomic E-state index is 10.9. The molecule has 2 heteroatoms. The van der Waals surface area contributed by atoms with E-state index in [1.165, 1.54) is 16.8 Å². The Morgan fingerprint density at radius 3 is 2.04 bits per heavy atom. The van der Waals surface area contributed by atoms with Crippen molar-refractivity contribution in [2.45, 2.75) is 52.4 Å². The number of fused-ring (bicyclic) bond motifs is 1. The third kappa shape index (κ3) is 3.44. The molecule has 0 atom stereocenters. The number of hydrogen-bond donors (Lipinski definition) is 2. The molecule has 0 unspecified atom stereocenters. The second kappa shape index (κ2) is 5.94. The van der Waals surface area contributed by atoms with Gasteiger partial charge in [-0.15, -0.1) is 0 Å². The zero-order chi connectivity index (χ0) is 18.4. The first-order valence-electron chi connectivity index (χ1n) is 8.99. The summed E-state index contributed by atoms with van der Waals surface area (Å²) in [5.41, 5.74) is 6.71. The van der Waals surface area contributed by atoms with Gasteiger partial charge in [0.1, 0.15) is 5.75 Å². The first-order chi connectivity index (χ1) is 11.6. The summed E-state index contributed by atoms with van der Waals surface area (Å²) >= 11 is 0. The molecule has 0 fully saturated rings. The molecule has 25 heavy (non-hydrogen) atoms. The second-order valence-electron chi connectivity index (χ2n) is 9.03. The van der Waals surface area contributed by atoms with Crippen molar-refractivity contribution < 1.29 is 5.11 Å². The topological polar surface area (TPSA) is 32.3 Å². The van der Waals surface area contributed by atoms with Gasteiger partial charge in [0.05, 0.1) is 0 Å². The third-order valence-electron chi connectivity index (χ3n) is 4.83. The van der Waals surface area contributed by atoms with E-state index in [-0.39, 0.29) is 10.8 Å². The van der Waals surface area contributed by atoms with E-state index in [1.807, 2.05) is 0 Å². The lowest BCUT2D eigenvalue weighted by atomic mass is 9.78. The molecule has 2 aromatic carbocycles. The van der Waals surface area contributed by atoms with E-state index in [0.717, 1.165) is 23.2 Å². The molecular formula is C23H29NO. The lowest BCUT2D eigenvalue weighted by Crippen LogP contribution is -2.17. The molecule has 0 spiro atoms. The minimum atomic E-state index is -0.107. The summed E-state index contributed by atoms with van der Waals surface area (Å²) in [5, 5.41) is 14.3. The van der Waals surface area contributed by atoms with Crippen LogP contribution in [0.15, 0.2) is 36.4 Å². The maximum absolute atomic E-state index is 10.9. The molecule has 1 aliphatic heterocycles. The van der Waals surface area contributed by atoms with Crippen molar-refractivity contribution in [3.8, 4) is 5.75 Å². The van der Waals surface area contributed by atoms with E-state index in [4.69, 9.17) is 0 Å². The fourth-order valence-electron chi connectivity index (χ4n) is 3.42. The van der Waals surface area contributed by atoms with Crippen molar-refractivity contribution >= 4 is 17.3 Å². The first kappa shape index (κ1) is 17.6. The monoisotopic (exact) mass is 335 g/mol. The van der Waals surface area contributed by atoms with Crippen LogP contribution in [0.2, 0.25) is 0 Å². The molecule has 0 bridgehead atoms. The number of nitrogens with one attached hydrogen (secondary N) is 1. The maximum Gasteiger partial charge on any atom is 0.123 e. The molecule has 0 radical (unpaired) electrons. The van der Waals surface area contributed by atoms with Crippen molar-refractivity contribution in [2.24, 2.45) is 0 Å². The van der Waals surface area contributed by atoms with Crippen molar-refractivity contribution in [3.63, 3.8) is 0 Å². The predicted molar refractivity (Wildman–Crippen MR) is 108 cm³/mol. The number of phenolic OH excluding ortho intramolecular Hbond substituents is 1. The zero-order valence-electron chi connectivity index (χ0n) is 16.2. The molecule has 0 aromatic heterocycles. The fourth-order valence-corrected chi connectivity index (χ4v) is 3.42. The van der Waals surface area contributed by atoms with Gasteiger partial charge in [0.25, 0.3) is 0 Å². The molecule has 0 amide bonds. The molecule has 3 rings (SSSR count). The fraction of sp³-hybridized carbons (Fsp3) is 0.391. The molecular weight excluding hydrogens is 306 g/mol. The van der Waals surface area contributed by atoms with Crippen molar-refractivity contribution in [2.75, 3.05) is 11.9 Å². The van der Waals surface area contributed by atoms with Crippen LogP contribution in [-0.4, -0.2) is 11.7 Å². The van der Waals surface area contributed by atoms with Crippen LogP contribution in [0, 0.1) is 0 Å². The van der Waals surface area contributed by atoms with Crippen molar-refractivity contribution in [1.82, 2.24) is 0 Å². The van der Waals surface area contributed by atoms with Crippen LogP contribution in [0.25, 0.3) is 11.6 Å². The van der Waals surface area contributed by atoms with Gasteiger partial charge >= 0.3 is 0 Å². The van der Waals surface area contributed by atoms with E-state index >= 15 is 0 Å². The Balaban J connectivity index is 2.16. The highest BCUT2D eigenvalue weighted by atomic mass is 16.3. The average Bonchev–Trinajstić information content (AvgIpc) is 2.90. The van der Waals surface area contributed by atoms with Crippen LogP contribution in [0.1, 0.15) is 63.8 Å². The lowest BCUT2D eigenvalue weighted by molar-refractivity contribution is 0.423. The van der Waals surface area contributed by atoms with Gasteiger partial charge in [-0.1, -0.05) is 59.7 Å². The number of benzene rings is 2. The summed E-state index contributed by atoms with van der Waals surface area (Å²) in [6.07, 6.45) is 2.25. The van der Waals surface area contributed by atoms with Gasteiger partial charge in [-0.2, -0.15) is 0 Å².